The van der Waals surface area contributed by atoms with Crippen molar-refractivity contribution in [2.45, 2.75) is 69.7 Å². The number of benzene rings is 1. The summed E-state index contributed by atoms with van der Waals surface area (Å²) in [7, 11) is 0. The van der Waals surface area contributed by atoms with E-state index >= 15 is 0 Å². The van der Waals surface area contributed by atoms with Gasteiger partial charge in [0.05, 0.1) is 0 Å². The van der Waals surface area contributed by atoms with Crippen LogP contribution in [0.4, 0.5) is 0 Å². The molecule has 2 nitrogen and oxygen atoms in total. The maximum absolute atomic E-state index is 3.66. The summed E-state index contributed by atoms with van der Waals surface area (Å²) in [6.07, 6.45) is 8.46. The van der Waals surface area contributed by atoms with Crippen molar-refractivity contribution in [3.8, 4) is 0 Å². The Labute approximate surface area is 160 Å². The molecule has 1 aromatic carbocycles. The van der Waals surface area contributed by atoms with Crippen molar-refractivity contribution in [3.63, 3.8) is 0 Å². The van der Waals surface area contributed by atoms with E-state index in [1.54, 1.807) is 0 Å². The van der Waals surface area contributed by atoms with E-state index in [0.29, 0.717) is 0 Å². The molecule has 0 unspecified atom stereocenters. The molecule has 0 amide bonds. The molecule has 0 aromatic heterocycles. The maximum atomic E-state index is 3.66. The van der Waals surface area contributed by atoms with Crippen LogP contribution in [0.15, 0.2) is 35.2 Å². The van der Waals surface area contributed by atoms with Crippen LogP contribution in [0.5, 0.6) is 0 Å². The van der Waals surface area contributed by atoms with Gasteiger partial charge >= 0.3 is 0 Å². The smallest absolute Gasteiger partial charge is 0.0125 e. The molecule has 0 radical (unpaired) electrons. The second-order valence-electron chi connectivity index (χ2n) is 8.39. The van der Waals surface area contributed by atoms with Crippen LogP contribution in [0.2, 0.25) is 0 Å². The highest BCUT2D eigenvalue weighted by molar-refractivity contribution is 7.99. The van der Waals surface area contributed by atoms with Crippen LogP contribution in [-0.4, -0.2) is 42.4 Å². The molecule has 0 saturated heterocycles. The van der Waals surface area contributed by atoms with E-state index in [1.165, 1.54) is 62.3 Å². The highest BCUT2D eigenvalue weighted by Crippen LogP contribution is 2.26. The Bertz CT molecular complexity index is 449. The molecule has 0 aliphatic heterocycles. The summed E-state index contributed by atoms with van der Waals surface area (Å²) < 4.78 is 0. The lowest BCUT2D eigenvalue weighted by Crippen LogP contribution is -2.47. The molecule has 1 aromatic rings. The van der Waals surface area contributed by atoms with Crippen LogP contribution in [0.1, 0.15) is 59.3 Å². The summed E-state index contributed by atoms with van der Waals surface area (Å²) in [4.78, 5) is 4.09. The zero-order valence-electron chi connectivity index (χ0n) is 16.6. The third-order valence-corrected chi connectivity index (χ3v) is 6.32. The lowest BCUT2D eigenvalue weighted by atomic mass is 9.88. The Morgan fingerprint density at radius 1 is 1.04 bits per heavy atom. The molecule has 0 bridgehead atoms. The fourth-order valence-corrected chi connectivity index (χ4v) is 4.50. The number of nitrogens with zero attached hydrogens (tertiary/aromatic N) is 1. The lowest BCUT2D eigenvalue weighted by molar-refractivity contribution is 0.103. The number of nitrogens with one attached hydrogen (secondary N) is 1. The SMILES string of the molecule is CC(C)(C)N(CCNCCCSc1ccccc1)CC1CCCCC1. The summed E-state index contributed by atoms with van der Waals surface area (Å²) in [6.45, 7) is 11.8. The van der Waals surface area contributed by atoms with Crippen molar-refractivity contribution in [2.75, 3.05) is 31.9 Å². The van der Waals surface area contributed by atoms with Crippen molar-refractivity contribution < 1.29 is 0 Å². The van der Waals surface area contributed by atoms with E-state index in [9.17, 15) is 0 Å². The number of hydrogen-bond acceptors (Lipinski definition) is 3. The molecule has 1 saturated carbocycles. The zero-order valence-corrected chi connectivity index (χ0v) is 17.4. The normalized spacial score (nSPS) is 16.5. The molecule has 1 fully saturated rings. The van der Waals surface area contributed by atoms with E-state index in [2.05, 4.69) is 61.3 Å². The van der Waals surface area contributed by atoms with Crippen LogP contribution in [0.25, 0.3) is 0 Å². The van der Waals surface area contributed by atoms with Crippen LogP contribution < -0.4 is 5.32 Å². The maximum Gasteiger partial charge on any atom is 0.0125 e. The van der Waals surface area contributed by atoms with Gasteiger partial charge in [0.25, 0.3) is 0 Å². The quantitative estimate of drug-likeness (QED) is 0.441. The Hall–Kier alpha value is -0.510. The Morgan fingerprint density at radius 3 is 2.44 bits per heavy atom. The van der Waals surface area contributed by atoms with E-state index in [-0.39, 0.29) is 5.54 Å². The first-order valence-corrected chi connectivity index (χ1v) is 11.2. The molecular formula is C22H38N2S. The molecule has 2 rings (SSSR count). The summed E-state index contributed by atoms with van der Waals surface area (Å²) in [5.74, 6) is 2.12. The van der Waals surface area contributed by atoms with Crippen molar-refractivity contribution in [1.29, 1.82) is 0 Å². The monoisotopic (exact) mass is 362 g/mol. The number of hydrogen-bond donors (Lipinski definition) is 1. The minimum absolute atomic E-state index is 0.280. The molecule has 0 heterocycles. The molecule has 1 aliphatic rings. The molecule has 0 atom stereocenters. The van der Waals surface area contributed by atoms with Crippen LogP contribution in [-0.2, 0) is 0 Å². The Kier molecular flexibility index (Phi) is 9.36. The first-order chi connectivity index (χ1) is 12.1. The van der Waals surface area contributed by atoms with Crippen molar-refractivity contribution >= 4 is 11.8 Å². The van der Waals surface area contributed by atoms with E-state index in [1.807, 2.05) is 11.8 Å². The fourth-order valence-electron chi connectivity index (χ4n) is 3.62. The van der Waals surface area contributed by atoms with Gasteiger partial charge in [-0.3, -0.25) is 4.90 Å². The van der Waals surface area contributed by atoms with Gasteiger partial charge in [0, 0.05) is 30.1 Å². The van der Waals surface area contributed by atoms with Gasteiger partial charge in [-0.25, -0.2) is 0 Å². The summed E-state index contributed by atoms with van der Waals surface area (Å²) in [6, 6.07) is 10.7. The molecular weight excluding hydrogens is 324 g/mol. The van der Waals surface area contributed by atoms with E-state index < -0.39 is 0 Å². The Morgan fingerprint density at radius 2 is 1.76 bits per heavy atom. The Balaban J connectivity index is 1.58. The minimum Gasteiger partial charge on any atom is -0.315 e. The summed E-state index contributed by atoms with van der Waals surface area (Å²) >= 11 is 1.96. The van der Waals surface area contributed by atoms with Gasteiger partial charge in [0.15, 0.2) is 0 Å². The van der Waals surface area contributed by atoms with Gasteiger partial charge < -0.3 is 5.32 Å². The second-order valence-corrected chi connectivity index (χ2v) is 9.55. The third kappa shape index (κ3) is 8.61. The largest absolute Gasteiger partial charge is 0.315 e. The molecule has 25 heavy (non-hydrogen) atoms. The lowest BCUT2D eigenvalue weighted by Gasteiger charge is -2.39. The first-order valence-electron chi connectivity index (χ1n) is 10.2. The van der Waals surface area contributed by atoms with Crippen molar-refractivity contribution in [3.05, 3.63) is 30.3 Å². The number of rotatable bonds is 10. The highest BCUT2D eigenvalue weighted by Gasteiger charge is 2.24. The van der Waals surface area contributed by atoms with Gasteiger partial charge in [-0.1, -0.05) is 37.5 Å². The van der Waals surface area contributed by atoms with Crippen molar-refractivity contribution in [2.24, 2.45) is 5.92 Å². The first kappa shape index (κ1) is 20.8. The molecule has 1 aliphatic carbocycles. The van der Waals surface area contributed by atoms with Crippen LogP contribution in [0.3, 0.4) is 0 Å². The van der Waals surface area contributed by atoms with Gasteiger partial charge in [-0.05, 0) is 70.4 Å². The molecule has 3 heteroatoms. The van der Waals surface area contributed by atoms with Crippen molar-refractivity contribution in [1.82, 2.24) is 10.2 Å². The third-order valence-electron chi connectivity index (χ3n) is 5.22. The molecule has 1 N–H and O–H groups in total. The summed E-state index contributed by atoms with van der Waals surface area (Å²) in [5, 5.41) is 3.66. The molecule has 0 spiro atoms. The zero-order chi connectivity index (χ0) is 18.0. The average Bonchev–Trinajstić information content (AvgIpc) is 2.61. The standard InChI is InChI=1S/C22H38N2S/c1-22(2,3)24(19-20-11-6-4-7-12-20)17-16-23-15-10-18-25-21-13-8-5-9-14-21/h5,8-9,13-14,20,23H,4,6-7,10-12,15-19H2,1-3H3. The molecule has 142 valence electrons. The highest BCUT2D eigenvalue weighted by atomic mass is 32.2. The van der Waals surface area contributed by atoms with Crippen LogP contribution in [0, 0.1) is 5.92 Å². The fraction of sp³-hybridized carbons (Fsp3) is 0.727. The van der Waals surface area contributed by atoms with E-state index in [4.69, 9.17) is 0 Å². The average molecular weight is 363 g/mol. The van der Waals surface area contributed by atoms with Gasteiger partial charge in [-0.15, -0.1) is 11.8 Å². The number of thioether (sulfide) groups is 1. The predicted octanol–water partition coefficient (Wildman–Crippen LogP) is 5.44. The topological polar surface area (TPSA) is 15.3 Å². The van der Waals surface area contributed by atoms with E-state index in [0.717, 1.165) is 19.0 Å². The van der Waals surface area contributed by atoms with Gasteiger partial charge in [0.1, 0.15) is 0 Å². The second kappa shape index (κ2) is 11.3. The summed E-state index contributed by atoms with van der Waals surface area (Å²) in [5.41, 5.74) is 0.280. The minimum atomic E-state index is 0.280. The van der Waals surface area contributed by atoms with Crippen LogP contribution >= 0.6 is 11.8 Å². The van der Waals surface area contributed by atoms with Gasteiger partial charge in [0.2, 0.25) is 0 Å². The predicted molar refractivity (Wildman–Crippen MR) is 113 cm³/mol. The van der Waals surface area contributed by atoms with Gasteiger partial charge in [-0.2, -0.15) is 0 Å².